The lowest BCUT2D eigenvalue weighted by Crippen LogP contribution is -2.51. The molecule has 1 aromatic rings. The molecule has 2 fully saturated rings. The van der Waals surface area contributed by atoms with Gasteiger partial charge in [-0.1, -0.05) is 25.1 Å². The molecule has 0 bridgehead atoms. The van der Waals surface area contributed by atoms with Gasteiger partial charge in [0.05, 0.1) is 11.7 Å². The van der Waals surface area contributed by atoms with Crippen molar-refractivity contribution in [3.63, 3.8) is 0 Å². The molecule has 0 saturated carbocycles. The molecule has 2 aliphatic rings. The third-order valence-corrected chi connectivity index (χ3v) is 6.52. The molecule has 0 radical (unpaired) electrons. The summed E-state index contributed by atoms with van der Waals surface area (Å²) < 4.78 is 22.6. The van der Waals surface area contributed by atoms with Gasteiger partial charge in [0, 0.05) is 57.6 Å². The quantitative estimate of drug-likeness (QED) is 0.697. The van der Waals surface area contributed by atoms with Gasteiger partial charge in [-0.3, -0.25) is 14.5 Å². The van der Waals surface area contributed by atoms with E-state index in [0.717, 1.165) is 17.7 Å². The van der Waals surface area contributed by atoms with Crippen molar-refractivity contribution in [2.45, 2.75) is 19.8 Å². The molecule has 3 rings (SSSR count). The Morgan fingerprint density at radius 3 is 2.46 bits per heavy atom. The van der Waals surface area contributed by atoms with Crippen LogP contribution in [-0.4, -0.2) is 81.3 Å². The lowest BCUT2D eigenvalue weighted by Gasteiger charge is -2.35. The Kier molecular flexibility index (Phi) is 6.40. The number of nitrogens with zero attached hydrogens (tertiary/aromatic N) is 3. The SMILES string of the molecule is CCc1ccccc1N1CC(C(=O)N2CCN(CCS(C)(=O)=O)CC2)CC1=O. The molecule has 2 aliphatic heterocycles. The molecule has 0 aliphatic carbocycles. The average molecular weight is 408 g/mol. The van der Waals surface area contributed by atoms with E-state index in [-0.39, 0.29) is 29.9 Å². The zero-order valence-electron chi connectivity index (χ0n) is 16.6. The standard InChI is InChI=1S/C20H29N3O4S/c1-3-16-6-4-5-7-18(16)23-15-17(14-19(23)24)20(25)22-10-8-21(9-11-22)12-13-28(2,26)27/h4-7,17H,3,8-15H2,1-2H3. The van der Waals surface area contributed by atoms with Gasteiger partial charge in [0.25, 0.3) is 0 Å². The molecule has 0 aromatic heterocycles. The minimum absolute atomic E-state index is 0.00559. The first-order valence-electron chi connectivity index (χ1n) is 9.85. The number of anilines is 1. The summed E-state index contributed by atoms with van der Waals surface area (Å²) in [5, 5.41) is 0. The summed E-state index contributed by atoms with van der Waals surface area (Å²) in [5.74, 6) is -0.122. The molecule has 1 atom stereocenters. The Hall–Kier alpha value is -1.93. The first-order valence-corrected chi connectivity index (χ1v) is 11.9. The minimum Gasteiger partial charge on any atom is -0.340 e. The highest BCUT2D eigenvalue weighted by molar-refractivity contribution is 7.90. The Labute approximate surface area is 167 Å². The van der Waals surface area contributed by atoms with E-state index in [1.54, 1.807) is 4.90 Å². The predicted octanol–water partition coefficient (Wildman–Crippen LogP) is 0.791. The molecule has 28 heavy (non-hydrogen) atoms. The van der Waals surface area contributed by atoms with E-state index in [1.165, 1.54) is 6.26 Å². The monoisotopic (exact) mass is 407 g/mol. The van der Waals surface area contributed by atoms with Gasteiger partial charge in [-0.2, -0.15) is 0 Å². The predicted molar refractivity (Wildman–Crippen MR) is 109 cm³/mol. The van der Waals surface area contributed by atoms with Crippen LogP contribution in [0.5, 0.6) is 0 Å². The maximum atomic E-state index is 12.9. The molecule has 1 unspecified atom stereocenters. The number of rotatable bonds is 6. The van der Waals surface area contributed by atoms with Crippen LogP contribution in [0.1, 0.15) is 18.9 Å². The van der Waals surface area contributed by atoms with Gasteiger partial charge >= 0.3 is 0 Å². The van der Waals surface area contributed by atoms with E-state index in [2.05, 4.69) is 11.8 Å². The molecule has 1 aromatic carbocycles. The second kappa shape index (κ2) is 8.61. The highest BCUT2D eigenvalue weighted by Crippen LogP contribution is 2.29. The van der Waals surface area contributed by atoms with Gasteiger partial charge in [0.15, 0.2) is 0 Å². The molecule has 2 heterocycles. The smallest absolute Gasteiger partial charge is 0.228 e. The van der Waals surface area contributed by atoms with Gasteiger partial charge in [-0.25, -0.2) is 8.42 Å². The molecule has 0 spiro atoms. The van der Waals surface area contributed by atoms with Crippen LogP contribution >= 0.6 is 0 Å². The van der Waals surface area contributed by atoms with E-state index in [9.17, 15) is 18.0 Å². The maximum absolute atomic E-state index is 12.9. The number of carbonyl (C=O) groups is 2. The van der Waals surface area contributed by atoms with E-state index in [0.29, 0.717) is 39.3 Å². The van der Waals surface area contributed by atoms with Crippen molar-refractivity contribution in [3.8, 4) is 0 Å². The minimum atomic E-state index is -2.98. The van der Waals surface area contributed by atoms with Gasteiger partial charge in [0.1, 0.15) is 9.84 Å². The van der Waals surface area contributed by atoms with E-state index in [1.807, 2.05) is 29.2 Å². The number of carbonyl (C=O) groups excluding carboxylic acids is 2. The number of aryl methyl sites for hydroxylation is 1. The Morgan fingerprint density at radius 2 is 1.82 bits per heavy atom. The van der Waals surface area contributed by atoms with Crippen molar-refractivity contribution in [3.05, 3.63) is 29.8 Å². The summed E-state index contributed by atoms with van der Waals surface area (Å²) in [7, 11) is -2.98. The summed E-state index contributed by atoms with van der Waals surface area (Å²) in [6, 6.07) is 7.86. The molecule has 0 N–H and O–H groups in total. The normalized spacial score (nSPS) is 21.4. The second-order valence-corrected chi connectivity index (χ2v) is 9.94. The first-order chi connectivity index (χ1) is 13.3. The maximum Gasteiger partial charge on any atom is 0.228 e. The average Bonchev–Trinajstić information content (AvgIpc) is 3.07. The number of amides is 2. The fraction of sp³-hybridized carbons (Fsp3) is 0.600. The van der Waals surface area contributed by atoms with Crippen molar-refractivity contribution in [2.24, 2.45) is 5.92 Å². The summed E-state index contributed by atoms with van der Waals surface area (Å²) in [4.78, 5) is 31.2. The van der Waals surface area contributed by atoms with Crippen molar-refractivity contribution < 1.29 is 18.0 Å². The highest BCUT2D eigenvalue weighted by atomic mass is 32.2. The fourth-order valence-electron chi connectivity index (χ4n) is 3.92. The number of para-hydroxylation sites is 1. The lowest BCUT2D eigenvalue weighted by molar-refractivity contribution is -0.137. The molecule has 2 amide bonds. The Morgan fingerprint density at radius 1 is 1.14 bits per heavy atom. The first kappa shape index (κ1) is 20.8. The number of piperazine rings is 1. The molecule has 2 saturated heterocycles. The molecule has 154 valence electrons. The summed E-state index contributed by atoms with van der Waals surface area (Å²) in [6.07, 6.45) is 2.34. The van der Waals surface area contributed by atoms with Gasteiger partial charge in [-0.15, -0.1) is 0 Å². The number of sulfone groups is 1. The number of hydrogen-bond acceptors (Lipinski definition) is 5. The van der Waals surface area contributed by atoms with E-state index in [4.69, 9.17) is 0 Å². The van der Waals surface area contributed by atoms with Crippen LogP contribution in [0.2, 0.25) is 0 Å². The summed E-state index contributed by atoms with van der Waals surface area (Å²) in [5.41, 5.74) is 2.03. The summed E-state index contributed by atoms with van der Waals surface area (Å²) >= 11 is 0. The Balaban J connectivity index is 1.57. The molecule has 7 nitrogen and oxygen atoms in total. The van der Waals surface area contributed by atoms with Crippen molar-refractivity contribution >= 4 is 27.3 Å². The van der Waals surface area contributed by atoms with E-state index >= 15 is 0 Å². The molecular weight excluding hydrogens is 378 g/mol. The molecule has 8 heteroatoms. The number of benzene rings is 1. The Bertz CT molecular complexity index is 832. The highest BCUT2D eigenvalue weighted by Gasteiger charge is 2.38. The van der Waals surface area contributed by atoms with Gasteiger partial charge in [-0.05, 0) is 18.1 Å². The molecular formula is C20H29N3O4S. The van der Waals surface area contributed by atoms with Crippen LogP contribution in [-0.2, 0) is 25.8 Å². The van der Waals surface area contributed by atoms with Crippen LogP contribution in [0.15, 0.2) is 24.3 Å². The van der Waals surface area contributed by atoms with Crippen molar-refractivity contribution in [2.75, 3.05) is 56.2 Å². The van der Waals surface area contributed by atoms with E-state index < -0.39 is 9.84 Å². The third-order valence-electron chi connectivity index (χ3n) is 5.60. The second-order valence-electron chi connectivity index (χ2n) is 7.68. The van der Waals surface area contributed by atoms with Crippen LogP contribution in [0.3, 0.4) is 0 Å². The lowest BCUT2D eigenvalue weighted by atomic mass is 10.1. The third kappa shape index (κ3) is 4.91. The largest absolute Gasteiger partial charge is 0.340 e. The van der Waals surface area contributed by atoms with Gasteiger partial charge < -0.3 is 9.80 Å². The fourth-order valence-corrected chi connectivity index (χ4v) is 4.51. The topological polar surface area (TPSA) is 78.0 Å². The zero-order valence-corrected chi connectivity index (χ0v) is 17.5. The van der Waals surface area contributed by atoms with Gasteiger partial charge in [0.2, 0.25) is 11.8 Å². The van der Waals surface area contributed by atoms with Crippen LogP contribution < -0.4 is 4.90 Å². The van der Waals surface area contributed by atoms with Crippen LogP contribution in [0.25, 0.3) is 0 Å². The van der Waals surface area contributed by atoms with Crippen molar-refractivity contribution in [1.29, 1.82) is 0 Å². The summed E-state index contributed by atoms with van der Waals surface area (Å²) in [6.45, 7) is 5.50. The van der Waals surface area contributed by atoms with Crippen LogP contribution in [0, 0.1) is 5.92 Å². The van der Waals surface area contributed by atoms with Crippen LogP contribution in [0.4, 0.5) is 5.69 Å². The van der Waals surface area contributed by atoms with Crippen molar-refractivity contribution in [1.82, 2.24) is 9.80 Å². The zero-order chi connectivity index (χ0) is 20.3. The number of hydrogen-bond donors (Lipinski definition) is 0.